The van der Waals surface area contributed by atoms with Gasteiger partial charge in [-0.2, -0.15) is 0 Å². The molecule has 1 heterocycles. The summed E-state index contributed by atoms with van der Waals surface area (Å²) in [5, 5.41) is 0. The van der Waals surface area contributed by atoms with Crippen LogP contribution >= 0.6 is 0 Å². The van der Waals surface area contributed by atoms with Crippen molar-refractivity contribution in [2.75, 3.05) is 5.73 Å². The number of aryl methyl sites for hydroxylation is 2. The van der Waals surface area contributed by atoms with E-state index in [-0.39, 0.29) is 5.75 Å². The van der Waals surface area contributed by atoms with Gasteiger partial charge in [-0.3, -0.25) is 0 Å². The van der Waals surface area contributed by atoms with Gasteiger partial charge in [-0.15, -0.1) is 0 Å². The van der Waals surface area contributed by atoms with Crippen LogP contribution in [-0.4, -0.2) is 9.97 Å². The first-order valence-electron chi connectivity index (χ1n) is 6.71. The molecule has 0 aliphatic heterocycles. The van der Waals surface area contributed by atoms with Crippen LogP contribution in [0.3, 0.4) is 0 Å². The smallest absolute Gasteiger partial charge is 0.225 e. The van der Waals surface area contributed by atoms with Gasteiger partial charge < -0.3 is 10.5 Å². The minimum atomic E-state index is -0.476. The fourth-order valence-electron chi connectivity index (χ4n) is 2.43. The van der Waals surface area contributed by atoms with Gasteiger partial charge in [0.2, 0.25) is 5.88 Å². The molecule has 1 aliphatic carbocycles. The molecule has 104 valence electrons. The van der Waals surface area contributed by atoms with E-state index < -0.39 is 5.82 Å². The summed E-state index contributed by atoms with van der Waals surface area (Å²) in [4.78, 5) is 8.42. The second-order valence-electron chi connectivity index (χ2n) is 5.05. The van der Waals surface area contributed by atoms with Crippen LogP contribution < -0.4 is 10.5 Å². The third-order valence-corrected chi connectivity index (χ3v) is 3.61. The quantitative estimate of drug-likeness (QED) is 0.854. The lowest BCUT2D eigenvalue weighted by molar-refractivity contribution is 0.416. The zero-order valence-corrected chi connectivity index (χ0v) is 11.3. The van der Waals surface area contributed by atoms with E-state index in [1.54, 1.807) is 6.07 Å². The molecule has 1 aromatic heterocycles. The first-order valence-corrected chi connectivity index (χ1v) is 6.71. The molecule has 0 unspecified atom stereocenters. The van der Waals surface area contributed by atoms with Crippen molar-refractivity contribution in [2.24, 2.45) is 0 Å². The summed E-state index contributed by atoms with van der Waals surface area (Å²) in [6, 6.07) is 2.88. The number of nitrogens with two attached hydrogens (primary N) is 1. The molecule has 0 spiro atoms. The zero-order chi connectivity index (χ0) is 14.1. The Bertz CT molecular complexity index is 658. The van der Waals surface area contributed by atoms with Crippen LogP contribution in [0.15, 0.2) is 18.5 Å². The molecule has 2 aromatic rings. The Morgan fingerprint density at radius 1 is 1.20 bits per heavy atom. The van der Waals surface area contributed by atoms with Gasteiger partial charge in [0.05, 0.1) is 5.69 Å². The molecular weight excluding hydrogens is 257 g/mol. The Hall–Kier alpha value is -2.17. The topological polar surface area (TPSA) is 61.0 Å². The molecule has 2 N–H and O–H groups in total. The van der Waals surface area contributed by atoms with Crippen LogP contribution in [0.25, 0.3) is 0 Å². The number of halogens is 1. The number of anilines is 1. The van der Waals surface area contributed by atoms with Crippen LogP contribution in [0.4, 0.5) is 10.1 Å². The molecule has 0 fully saturated rings. The minimum absolute atomic E-state index is 0.156. The molecular formula is C15H16FN3O. The molecule has 0 atom stereocenters. The summed E-state index contributed by atoms with van der Waals surface area (Å²) in [6.07, 6.45) is 5.48. The van der Waals surface area contributed by atoms with E-state index in [1.807, 2.05) is 6.92 Å². The number of aromatic nitrogens is 2. The lowest BCUT2D eigenvalue weighted by Gasteiger charge is -2.17. The molecule has 1 aliphatic rings. The van der Waals surface area contributed by atoms with Gasteiger partial charge >= 0.3 is 0 Å². The van der Waals surface area contributed by atoms with E-state index in [1.165, 1.54) is 12.4 Å². The first kappa shape index (κ1) is 12.8. The third kappa shape index (κ3) is 2.31. The maximum absolute atomic E-state index is 13.9. The summed E-state index contributed by atoms with van der Waals surface area (Å²) in [5.41, 5.74) is 8.87. The maximum Gasteiger partial charge on any atom is 0.225 e. The number of benzene rings is 1. The molecule has 0 saturated heterocycles. The van der Waals surface area contributed by atoms with E-state index in [0.717, 1.165) is 42.5 Å². The van der Waals surface area contributed by atoms with Crippen LogP contribution in [0.5, 0.6) is 11.6 Å². The molecule has 0 radical (unpaired) electrons. The Balaban J connectivity index is 1.98. The van der Waals surface area contributed by atoms with Gasteiger partial charge in [0.25, 0.3) is 0 Å². The number of hydrogen-bond donors (Lipinski definition) is 1. The number of nitrogen functional groups attached to an aromatic ring is 1. The molecule has 0 bridgehead atoms. The summed E-state index contributed by atoms with van der Waals surface area (Å²) >= 11 is 0. The van der Waals surface area contributed by atoms with Crippen LogP contribution in [0, 0.1) is 12.7 Å². The van der Waals surface area contributed by atoms with E-state index in [4.69, 9.17) is 10.5 Å². The van der Waals surface area contributed by atoms with E-state index in [9.17, 15) is 4.39 Å². The minimum Gasteiger partial charge on any atom is -0.436 e. The summed E-state index contributed by atoms with van der Waals surface area (Å²) in [7, 11) is 0. The van der Waals surface area contributed by atoms with Gasteiger partial charge in [-0.1, -0.05) is 0 Å². The van der Waals surface area contributed by atoms with Crippen molar-refractivity contribution < 1.29 is 9.13 Å². The second kappa shape index (κ2) is 5.07. The number of rotatable bonds is 2. The van der Waals surface area contributed by atoms with Crippen molar-refractivity contribution in [3.8, 4) is 11.6 Å². The van der Waals surface area contributed by atoms with Crippen molar-refractivity contribution in [3.05, 3.63) is 41.1 Å². The predicted molar refractivity (Wildman–Crippen MR) is 74.3 cm³/mol. The van der Waals surface area contributed by atoms with Gasteiger partial charge in [-0.05, 0) is 44.2 Å². The SMILES string of the molecule is Cc1cc(Oc2ncnc3c2CCCC3)c(F)cc1N. The lowest BCUT2D eigenvalue weighted by Crippen LogP contribution is -2.08. The Morgan fingerprint density at radius 2 is 2.00 bits per heavy atom. The number of fused-ring (bicyclic) bond motifs is 1. The van der Waals surface area contributed by atoms with Gasteiger partial charge in [-0.25, -0.2) is 14.4 Å². The third-order valence-electron chi connectivity index (χ3n) is 3.61. The van der Waals surface area contributed by atoms with E-state index >= 15 is 0 Å². The fraction of sp³-hybridized carbons (Fsp3) is 0.333. The highest BCUT2D eigenvalue weighted by Crippen LogP contribution is 2.32. The molecule has 1 aromatic carbocycles. The fourth-order valence-corrected chi connectivity index (χ4v) is 2.43. The van der Waals surface area contributed by atoms with Crippen LogP contribution in [-0.2, 0) is 12.8 Å². The second-order valence-corrected chi connectivity index (χ2v) is 5.05. The average Bonchev–Trinajstić information content (AvgIpc) is 2.45. The Kier molecular flexibility index (Phi) is 3.26. The standard InChI is InChI=1S/C15H16FN3O/c1-9-6-14(11(16)7-12(9)17)20-15-10-4-2-3-5-13(10)18-8-19-15/h6-8H,2-5,17H2,1H3. The molecule has 3 rings (SSSR count). The van der Waals surface area contributed by atoms with Gasteiger partial charge in [0.1, 0.15) is 6.33 Å². The maximum atomic E-state index is 13.9. The summed E-state index contributed by atoms with van der Waals surface area (Å²) in [6.45, 7) is 1.82. The molecule has 4 nitrogen and oxygen atoms in total. The summed E-state index contributed by atoms with van der Waals surface area (Å²) < 4.78 is 19.6. The highest BCUT2D eigenvalue weighted by Gasteiger charge is 2.18. The largest absolute Gasteiger partial charge is 0.436 e. The Morgan fingerprint density at radius 3 is 2.85 bits per heavy atom. The molecule has 20 heavy (non-hydrogen) atoms. The highest BCUT2D eigenvalue weighted by molar-refractivity contribution is 5.51. The molecule has 5 heteroatoms. The van der Waals surface area contributed by atoms with Gasteiger partial charge in [0.15, 0.2) is 11.6 Å². The van der Waals surface area contributed by atoms with Crippen molar-refractivity contribution >= 4 is 5.69 Å². The Labute approximate surface area is 116 Å². The number of hydrogen-bond acceptors (Lipinski definition) is 4. The van der Waals surface area contributed by atoms with Crippen LogP contribution in [0.2, 0.25) is 0 Å². The normalized spacial score (nSPS) is 13.9. The monoisotopic (exact) mass is 273 g/mol. The van der Waals surface area contributed by atoms with Crippen molar-refractivity contribution in [1.82, 2.24) is 9.97 Å². The van der Waals surface area contributed by atoms with Crippen LogP contribution in [0.1, 0.15) is 29.7 Å². The molecule has 0 saturated carbocycles. The van der Waals surface area contributed by atoms with Crippen molar-refractivity contribution in [2.45, 2.75) is 32.6 Å². The average molecular weight is 273 g/mol. The first-order chi connectivity index (χ1) is 9.65. The van der Waals surface area contributed by atoms with Crippen molar-refractivity contribution in [3.63, 3.8) is 0 Å². The van der Waals surface area contributed by atoms with Crippen molar-refractivity contribution in [1.29, 1.82) is 0 Å². The van der Waals surface area contributed by atoms with E-state index in [0.29, 0.717) is 11.6 Å². The highest BCUT2D eigenvalue weighted by atomic mass is 19.1. The number of ether oxygens (including phenoxy) is 1. The zero-order valence-electron chi connectivity index (χ0n) is 11.3. The predicted octanol–water partition coefficient (Wildman–Crippen LogP) is 3.18. The molecule has 0 amide bonds. The number of nitrogens with zero attached hydrogens (tertiary/aromatic N) is 2. The van der Waals surface area contributed by atoms with E-state index in [2.05, 4.69) is 9.97 Å². The van der Waals surface area contributed by atoms with Gasteiger partial charge in [0, 0.05) is 17.3 Å². The lowest BCUT2D eigenvalue weighted by atomic mass is 9.97. The summed E-state index contributed by atoms with van der Waals surface area (Å²) in [5.74, 6) is 0.136.